The maximum absolute atomic E-state index is 9.64. The fourth-order valence-electron chi connectivity index (χ4n) is 1.44. The van der Waals surface area contributed by atoms with Crippen molar-refractivity contribution in [2.24, 2.45) is 5.73 Å². The quantitative estimate of drug-likeness (QED) is 0.857. The minimum Gasteiger partial charge on any atom is -0.508 e. The van der Waals surface area contributed by atoms with Crippen molar-refractivity contribution in [2.45, 2.75) is 19.4 Å². The molecule has 3 N–H and O–H groups in total. The van der Waals surface area contributed by atoms with E-state index in [0.29, 0.717) is 12.2 Å². The van der Waals surface area contributed by atoms with Gasteiger partial charge in [-0.15, -0.1) is 11.3 Å². The second-order valence-electron chi connectivity index (χ2n) is 3.75. The summed E-state index contributed by atoms with van der Waals surface area (Å²) in [6.45, 7) is 1.94. The van der Waals surface area contributed by atoms with Crippen LogP contribution in [0.2, 0.25) is 0 Å². The van der Waals surface area contributed by atoms with Gasteiger partial charge in [-0.1, -0.05) is 18.2 Å². The Hall–Kier alpha value is -1.39. The number of para-hydroxylation sites is 1. The van der Waals surface area contributed by atoms with Gasteiger partial charge >= 0.3 is 0 Å². The first-order chi connectivity index (χ1) is 7.66. The van der Waals surface area contributed by atoms with E-state index in [1.54, 1.807) is 17.4 Å². The van der Waals surface area contributed by atoms with Crippen molar-refractivity contribution in [3.8, 4) is 5.75 Å². The van der Waals surface area contributed by atoms with Gasteiger partial charge < -0.3 is 10.8 Å². The number of rotatable bonds is 3. The fourth-order valence-corrected chi connectivity index (χ4v) is 2.34. The van der Waals surface area contributed by atoms with Crippen LogP contribution in [0.4, 0.5) is 0 Å². The summed E-state index contributed by atoms with van der Waals surface area (Å²) in [6.07, 6.45) is 2.47. The van der Waals surface area contributed by atoms with E-state index in [1.165, 1.54) is 0 Å². The lowest BCUT2D eigenvalue weighted by molar-refractivity contribution is 0.469. The number of aromatic hydroxyl groups is 1. The third-order valence-electron chi connectivity index (χ3n) is 2.35. The Morgan fingerprint density at radius 3 is 2.81 bits per heavy atom. The Balaban J connectivity index is 2.18. The van der Waals surface area contributed by atoms with Crippen LogP contribution in [0.1, 0.15) is 28.4 Å². The molecule has 0 saturated heterocycles. The molecule has 0 bridgehead atoms. The van der Waals surface area contributed by atoms with Gasteiger partial charge in [0.2, 0.25) is 0 Å². The van der Waals surface area contributed by atoms with Crippen LogP contribution in [0.25, 0.3) is 0 Å². The van der Waals surface area contributed by atoms with Gasteiger partial charge in [-0.05, 0) is 13.0 Å². The number of aromatic nitrogens is 1. The van der Waals surface area contributed by atoms with E-state index in [9.17, 15) is 5.11 Å². The van der Waals surface area contributed by atoms with Crippen LogP contribution >= 0.6 is 11.3 Å². The van der Waals surface area contributed by atoms with Crippen molar-refractivity contribution in [1.29, 1.82) is 0 Å². The lowest BCUT2D eigenvalue weighted by Crippen LogP contribution is -2.01. The van der Waals surface area contributed by atoms with Gasteiger partial charge in [0.1, 0.15) is 5.75 Å². The second-order valence-corrected chi connectivity index (χ2v) is 4.90. The molecule has 1 unspecified atom stereocenters. The maximum atomic E-state index is 9.64. The molecule has 0 fully saturated rings. The first kappa shape index (κ1) is 11.1. The number of benzene rings is 1. The number of nitrogens with zero attached hydrogens (tertiary/aromatic N) is 1. The van der Waals surface area contributed by atoms with Gasteiger partial charge in [-0.25, -0.2) is 4.98 Å². The summed E-state index contributed by atoms with van der Waals surface area (Å²) in [4.78, 5) is 5.38. The molecule has 0 aliphatic heterocycles. The van der Waals surface area contributed by atoms with Crippen molar-refractivity contribution in [3.63, 3.8) is 0 Å². The van der Waals surface area contributed by atoms with E-state index in [0.717, 1.165) is 15.4 Å². The van der Waals surface area contributed by atoms with Crippen LogP contribution in [0.3, 0.4) is 0 Å². The van der Waals surface area contributed by atoms with Crippen molar-refractivity contribution < 1.29 is 5.11 Å². The normalized spacial score (nSPS) is 12.6. The standard InChI is InChI=1S/C12H14N2OS/c1-8(13)11-7-14-12(16-11)6-9-4-2-3-5-10(9)15/h2-5,7-8,15H,6,13H2,1H3. The molecule has 0 amide bonds. The summed E-state index contributed by atoms with van der Waals surface area (Å²) in [7, 11) is 0. The molecule has 2 aromatic rings. The van der Waals surface area contributed by atoms with E-state index in [-0.39, 0.29) is 6.04 Å². The highest BCUT2D eigenvalue weighted by molar-refractivity contribution is 7.11. The summed E-state index contributed by atoms with van der Waals surface area (Å²) >= 11 is 1.60. The molecule has 16 heavy (non-hydrogen) atoms. The van der Waals surface area contributed by atoms with E-state index in [2.05, 4.69) is 4.98 Å². The monoisotopic (exact) mass is 234 g/mol. The minimum atomic E-state index is 0.0237. The van der Waals surface area contributed by atoms with Crippen molar-refractivity contribution in [3.05, 3.63) is 45.9 Å². The number of hydrogen-bond acceptors (Lipinski definition) is 4. The van der Waals surface area contributed by atoms with E-state index in [1.807, 2.05) is 31.3 Å². The number of phenolic OH excluding ortho intramolecular Hbond substituents is 1. The molecule has 84 valence electrons. The zero-order valence-corrected chi connectivity index (χ0v) is 9.87. The van der Waals surface area contributed by atoms with Gasteiger partial charge in [-0.2, -0.15) is 0 Å². The highest BCUT2D eigenvalue weighted by Crippen LogP contribution is 2.24. The van der Waals surface area contributed by atoms with Gasteiger partial charge in [0, 0.05) is 29.1 Å². The third-order valence-corrected chi connectivity index (χ3v) is 3.55. The average molecular weight is 234 g/mol. The molecule has 0 spiro atoms. The number of hydrogen-bond donors (Lipinski definition) is 2. The van der Waals surface area contributed by atoms with Crippen molar-refractivity contribution in [1.82, 2.24) is 4.98 Å². The lowest BCUT2D eigenvalue weighted by atomic mass is 10.1. The highest BCUT2D eigenvalue weighted by Gasteiger charge is 2.08. The maximum Gasteiger partial charge on any atom is 0.119 e. The smallest absolute Gasteiger partial charge is 0.119 e. The van der Waals surface area contributed by atoms with E-state index < -0.39 is 0 Å². The Morgan fingerprint density at radius 1 is 1.44 bits per heavy atom. The first-order valence-corrected chi connectivity index (χ1v) is 5.95. The van der Waals surface area contributed by atoms with Crippen LogP contribution in [-0.2, 0) is 6.42 Å². The topological polar surface area (TPSA) is 59.1 Å². The summed E-state index contributed by atoms with van der Waals surface area (Å²) < 4.78 is 0. The lowest BCUT2D eigenvalue weighted by Gasteiger charge is -2.01. The average Bonchev–Trinajstić information content (AvgIpc) is 2.70. The van der Waals surface area contributed by atoms with Crippen molar-refractivity contribution in [2.75, 3.05) is 0 Å². The SMILES string of the molecule is CC(N)c1cnc(Cc2ccccc2O)s1. The van der Waals surface area contributed by atoms with Crippen molar-refractivity contribution >= 4 is 11.3 Å². The van der Waals surface area contributed by atoms with Crippen LogP contribution < -0.4 is 5.73 Å². The Morgan fingerprint density at radius 2 is 2.19 bits per heavy atom. The number of nitrogens with two attached hydrogens (primary N) is 1. The summed E-state index contributed by atoms with van der Waals surface area (Å²) in [5.41, 5.74) is 6.67. The Bertz CT molecular complexity index is 479. The first-order valence-electron chi connectivity index (χ1n) is 5.14. The van der Waals surface area contributed by atoms with Crippen LogP contribution in [0.5, 0.6) is 5.75 Å². The second kappa shape index (κ2) is 4.63. The fraction of sp³-hybridized carbons (Fsp3) is 0.250. The molecule has 1 aromatic carbocycles. The molecular formula is C12H14N2OS. The number of thiazole rings is 1. The molecule has 1 heterocycles. The van der Waals surface area contributed by atoms with Gasteiger partial charge in [0.25, 0.3) is 0 Å². The molecular weight excluding hydrogens is 220 g/mol. The van der Waals surface area contributed by atoms with Crippen LogP contribution in [0, 0.1) is 0 Å². The molecule has 1 aromatic heterocycles. The molecule has 3 nitrogen and oxygen atoms in total. The van der Waals surface area contributed by atoms with Gasteiger partial charge in [-0.3, -0.25) is 0 Å². The zero-order chi connectivity index (χ0) is 11.5. The highest BCUT2D eigenvalue weighted by atomic mass is 32.1. The molecule has 0 aliphatic carbocycles. The Kier molecular flexibility index (Phi) is 3.22. The Labute approximate surface area is 98.6 Å². The summed E-state index contributed by atoms with van der Waals surface area (Å²) in [6, 6.07) is 7.34. The zero-order valence-electron chi connectivity index (χ0n) is 9.05. The summed E-state index contributed by atoms with van der Waals surface area (Å²) in [5, 5.41) is 10.6. The number of phenols is 1. The van der Waals surface area contributed by atoms with Crippen LogP contribution in [0.15, 0.2) is 30.5 Å². The molecule has 2 rings (SSSR count). The molecule has 4 heteroatoms. The van der Waals surface area contributed by atoms with Gasteiger partial charge in [0.05, 0.1) is 5.01 Å². The van der Waals surface area contributed by atoms with E-state index >= 15 is 0 Å². The predicted octanol–water partition coefficient (Wildman–Crippen LogP) is 2.46. The van der Waals surface area contributed by atoms with E-state index in [4.69, 9.17) is 5.73 Å². The van der Waals surface area contributed by atoms with Gasteiger partial charge in [0.15, 0.2) is 0 Å². The molecule has 1 atom stereocenters. The largest absolute Gasteiger partial charge is 0.508 e. The third kappa shape index (κ3) is 2.40. The van der Waals surface area contributed by atoms with Crippen LogP contribution in [-0.4, -0.2) is 10.1 Å². The summed E-state index contributed by atoms with van der Waals surface area (Å²) in [5.74, 6) is 0.319. The predicted molar refractivity (Wildman–Crippen MR) is 65.6 cm³/mol. The molecule has 0 saturated carbocycles. The molecule has 0 radical (unpaired) electrons. The molecule has 0 aliphatic rings. The minimum absolute atomic E-state index is 0.0237.